The quantitative estimate of drug-likeness (QED) is 0.804. The number of allylic oxidation sites excluding steroid dienone is 4. The predicted octanol–water partition coefficient (Wildman–Crippen LogP) is 4.44. The number of phenols is 1. The average molecular weight is 341 g/mol. The number of phenolic OH excluding ortho intramolecular Hbond substituents is 1. The summed E-state index contributed by atoms with van der Waals surface area (Å²) in [6.07, 6.45) is 12.7. The van der Waals surface area contributed by atoms with Crippen LogP contribution in [-0.2, 0) is 0 Å². The van der Waals surface area contributed by atoms with E-state index in [9.17, 15) is 10.2 Å². The van der Waals surface area contributed by atoms with Gasteiger partial charge in [0.05, 0.1) is 6.10 Å². The zero-order chi connectivity index (χ0) is 17.6. The Morgan fingerprint density at radius 3 is 2.48 bits per heavy atom. The molecular formula is C22H31NO2. The Kier molecular flexibility index (Phi) is 6.33. The summed E-state index contributed by atoms with van der Waals surface area (Å²) in [5.74, 6) is 1.24. The lowest BCUT2D eigenvalue weighted by atomic mass is 9.87. The zero-order valence-electron chi connectivity index (χ0n) is 15.3. The standard InChI is InChI=1S/C22H31NO2/c1-17(22(25)20-7-9-21(24)10-8-20)16-23-13-11-19(12-14-23)15-18-5-3-2-4-6-18/h3,5-10,17,19,22,24-25H,2,4,11-16H2,1H3/t17-,22+/m0/s1. The van der Waals surface area contributed by atoms with Gasteiger partial charge < -0.3 is 15.1 Å². The molecule has 0 aromatic heterocycles. The summed E-state index contributed by atoms with van der Waals surface area (Å²) in [6, 6.07) is 6.92. The fourth-order valence-corrected chi connectivity index (χ4v) is 4.03. The Morgan fingerprint density at radius 1 is 1.12 bits per heavy atom. The van der Waals surface area contributed by atoms with Gasteiger partial charge in [-0.25, -0.2) is 0 Å². The number of piperidine rings is 1. The second kappa shape index (κ2) is 8.68. The number of aliphatic hydroxyl groups excluding tert-OH is 1. The van der Waals surface area contributed by atoms with Crippen molar-refractivity contribution in [2.24, 2.45) is 11.8 Å². The molecule has 136 valence electrons. The molecule has 3 heteroatoms. The summed E-state index contributed by atoms with van der Waals surface area (Å²) in [6.45, 7) is 5.31. The highest BCUT2D eigenvalue weighted by Crippen LogP contribution is 2.29. The predicted molar refractivity (Wildman–Crippen MR) is 102 cm³/mol. The molecule has 1 aliphatic heterocycles. The number of nitrogens with zero attached hydrogens (tertiary/aromatic N) is 1. The van der Waals surface area contributed by atoms with E-state index in [0.717, 1.165) is 31.1 Å². The van der Waals surface area contributed by atoms with E-state index in [0.29, 0.717) is 0 Å². The van der Waals surface area contributed by atoms with E-state index in [1.54, 1.807) is 12.1 Å². The maximum atomic E-state index is 10.6. The molecule has 0 bridgehead atoms. The van der Waals surface area contributed by atoms with Gasteiger partial charge in [0.25, 0.3) is 0 Å². The van der Waals surface area contributed by atoms with E-state index in [4.69, 9.17) is 0 Å². The van der Waals surface area contributed by atoms with Crippen LogP contribution >= 0.6 is 0 Å². The van der Waals surface area contributed by atoms with Crippen LogP contribution in [0.3, 0.4) is 0 Å². The third-order valence-electron chi connectivity index (χ3n) is 5.62. The number of rotatable bonds is 6. The van der Waals surface area contributed by atoms with Crippen molar-refractivity contribution < 1.29 is 10.2 Å². The van der Waals surface area contributed by atoms with E-state index in [1.165, 1.54) is 37.7 Å². The normalized spacial score (nSPS) is 21.8. The number of hydrogen-bond acceptors (Lipinski definition) is 3. The second-order valence-corrected chi connectivity index (χ2v) is 7.72. The molecule has 2 atom stereocenters. The number of likely N-dealkylation sites (tertiary alicyclic amines) is 1. The molecule has 1 heterocycles. The summed E-state index contributed by atoms with van der Waals surface area (Å²) >= 11 is 0. The van der Waals surface area contributed by atoms with Crippen molar-refractivity contribution >= 4 is 0 Å². The lowest BCUT2D eigenvalue weighted by Crippen LogP contribution is -2.38. The van der Waals surface area contributed by atoms with Crippen LogP contribution in [0.2, 0.25) is 0 Å². The Morgan fingerprint density at radius 2 is 1.84 bits per heavy atom. The minimum absolute atomic E-state index is 0.185. The molecule has 2 aliphatic rings. The summed E-state index contributed by atoms with van der Waals surface area (Å²) in [7, 11) is 0. The van der Waals surface area contributed by atoms with Crippen LogP contribution in [0.4, 0.5) is 0 Å². The molecule has 2 N–H and O–H groups in total. The van der Waals surface area contributed by atoms with Crippen LogP contribution in [0, 0.1) is 11.8 Å². The maximum absolute atomic E-state index is 10.6. The van der Waals surface area contributed by atoms with Crippen molar-refractivity contribution in [3.05, 3.63) is 53.6 Å². The first-order chi connectivity index (χ1) is 12.1. The van der Waals surface area contributed by atoms with E-state index in [2.05, 4.69) is 30.1 Å². The molecule has 1 aromatic rings. The Balaban J connectivity index is 1.44. The summed E-state index contributed by atoms with van der Waals surface area (Å²) in [5, 5.41) is 19.9. The van der Waals surface area contributed by atoms with Crippen molar-refractivity contribution in [3.8, 4) is 5.75 Å². The average Bonchev–Trinajstić information content (AvgIpc) is 2.64. The second-order valence-electron chi connectivity index (χ2n) is 7.72. The molecule has 1 aliphatic carbocycles. The largest absolute Gasteiger partial charge is 0.508 e. The molecule has 3 nitrogen and oxygen atoms in total. The molecule has 1 aromatic carbocycles. The van der Waals surface area contributed by atoms with Crippen LogP contribution < -0.4 is 0 Å². The fourth-order valence-electron chi connectivity index (χ4n) is 4.03. The third kappa shape index (κ3) is 5.20. The molecule has 25 heavy (non-hydrogen) atoms. The fraction of sp³-hybridized carbons (Fsp3) is 0.545. The van der Waals surface area contributed by atoms with Crippen molar-refractivity contribution in [1.29, 1.82) is 0 Å². The van der Waals surface area contributed by atoms with Crippen molar-refractivity contribution in [3.63, 3.8) is 0 Å². The molecular weight excluding hydrogens is 310 g/mol. The van der Waals surface area contributed by atoms with Gasteiger partial charge in [-0.3, -0.25) is 0 Å². The number of aliphatic hydroxyl groups is 1. The molecule has 1 fully saturated rings. The highest BCUT2D eigenvalue weighted by Gasteiger charge is 2.24. The monoisotopic (exact) mass is 341 g/mol. The van der Waals surface area contributed by atoms with Gasteiger partial charge in [-0.1, -0.05) is 42.9 Å². The van der Waals surface area contributed by atoms with Gasteiger partial charge >= 0.3 is 0 Å². The smallest absolute Gasteiger partial charge is 0.115 e. The van der Waals surface area contributed by atoms with Gasteiger partial charge in [-0.2, -0.15) is 0 Å². The summed E-state index contributed by atoms with van der Waals surface area (Å²) in [5.41, 5.74) is 2.41. The molecule has 3 rings (SSSR count). The minimum atomic E-state index is -0.476. The van der Waals surface area contributed by atoms with Gasteiger partial charge in [0.15, 0.2) is 0 Å². The van der Waals surface area contributed by atoms with Crippen LogP contribution in [0.5, 0.6) is 5.75 Å². The van der Waals surface area contributed by atoms with Crippen LogP contribution in [-0.4, -0.2) is 34.7 Å². The first kappa shape index (κ1) is 18.2. The van der Waals surface area contributed by atoms with Gasteiger partial charge in [0, 0.05) is 6.54 Å². The first-order valence-corrected chi connectivity index (χ1v) is 9.66. The minimum Gasteiger partial charge on any atom is -0.508 e. The highest BCUT2D eigenvalue weighted by molar-refractivity contribution is 5.27. The topological polar surface area (TPSA) is 43.7 Å². The van der Waals surface area contributed by atoms with E-state index in [-0.39, 0.29) is 11.7 Å². The Labute approximate surface area is 151 Å². The molecule has 1 saturated heterocycles. The lowest BCUT2D eigenvalue weighted by Gasteiger charge is -2.35. The summed E-state index contributed by atoms with van der Waals surface area (Å²) < 4.78 is 0. The van der Waals surface area contributed by atoms with E-state index in [1.807, 2.05) is 12.1 Å². The molecule has 0 unspecified atom stereocenters. The van der Waals surface area contributed by atoms with Crippen LogP contribution in [0.25, 0.3) is 0 Å². The molecule has 0 amide bonds. The summed E-state index contributed by atoms with van der Waals surface area (Å²) in [4.78, 5) is 2.50. The maximum Gasteiger partial charge on any atom is 0.115 e. The molecule has 0 spiro atoms. The third-order valence-corrected chi connectivity index (χ3v) is 5.62. The number of hydrogen-bond donors (Lipinski definition) is 2. The molecule has 0 radical (unpaired) electrons. The van der Waals surface area contributed by atoms with Gasteiger partial charge in [0.2, 0.25) is 0 Å². The van der Waals surface area contributed by atoms with Gasteiger partial charge in [0.1, 0.15) is 5.75 Å². The van der Waals surface area contributed by atoms with Gasteiger partial charge in [-0.15, -0.1) is 0 Å². The van der Waals surface area contributed by atoms with E-state index >= 15 is 0 Å². The molecule has 0 saturated carbocycles. The number of benzene rings is 1. The van der Waals surface area contributed by atoms with E-state index < -0.39 is 6.10 Å². The van der Waals surface area contributed by atoms with Crippen molar-refractivity contribution in [2.45, 2.75) is 45.1 Å². The zero-order valence-corrected chi connectivity index (χ0v) is 15.3. The Hall–Kier alpha value is -1.58. The van der Waals surface area contributed by atoms with Gasteiger partial charge in [-0.05, 0) is 74.7 Å². The van der Waals surface area contributed by atoms with Crippen LogP contribution in [0.1, 0.15) is 50.7 Å². The first-order valence-electron chi connectivity index (χ1n) is 9.66. The lowest BCUT2D eigenvalue weighted by molar-refractivity contribution is 0.0752. The SMILES string of the molecule is C[C@@H](CN1CCC(CC2=CCCC=C2)CC1)[C@@H](O)c1ccc(O)cc1. The highest BCUT2D eigenvalue weighted by atomic mass is 16.3. The Bertz CT molecular complexity index is 597. The van der Waals surface area contributed by atoms with Crippen molar-refractivity contribution in [1.82, 2.24) is 4.90 Å². The van der Waals surface area contributed by atoms with Crippen molar-refractivity contribution in [2.75, 3.05) is 19.6 Å². The van der Waals surface area contributed by atoms with Crippen LogP contribution in [0.15, 0.2) is 48.1 Å². The number of aromatic hydroxyl groups is 1.